The summed E-state index contributed by atoms with van der Waals surface area (Å²) in [5.74, 6) is 0. The van der Waals surface area contributed by atoms with Crippen LogP contribution in [0, 0.1) is 0 Å². The fraction of sp³-hybridized carbons (Fsp3) is 1.00. The minimum Gasteiger partial charge on any atom is -0.377 e. The zero-order valence-electron chi connectivity index (χ0n) is 10.6. The molecule has 0 spiro atoms. The Kier molecular flexibility index (Phi) is 5.07. The van der Waals surface area contributed by atoms with Crippen molar-refractivity contribution in [2.45, 2.75) is 50.7 Å². The summed E-state index contributed by atoms with van der Waals surface area (Å²) < 4.78 is 5.78. The summed E-state index contributed by atoms with van der Waals surface area (Å²) in [7, 11) is 2.23. The zero-order chi connectivity index (χ0) is 11.2. The number of nitrogens with one attached hydrogen (secondary N) is 1. The Morgan fingerprint density at radius 2 is 2.00 bits per heavy atom. The highest BCUT2D eigenvalue weighted by atomic mass is 16.5. The molecular formula is C13H26N2O. The van der Waals surface area contributed by atoms with Crippen molar-refractivity contribution >= 4 is 0 Å². The van der Waals surface area contributed by atoms with Crippen LogP contribution in [0.4, 0.5) is 0 Å². The first-order chi connectivity index (χ1) is 7.84. The lowest BCUT2D eigenvalue weighted by Crippen LogP contribution is -2.44. The number of ether oxygens (including phenoxy) is 1. The van der Waals surface area contributed by atoms with Gasteiger partial charge in [-0.3, -0.25) is 0 Å². The minimum atomic E-state index is 0.488. The molecule has 0 aromatic carbocycles. The Labute approximate surface area is 99.5 Å². The van der Waals surface area contributed by atoms with Crippen molar-refractivity contribution in [2.24, 2.45) is 0 Å². The van der Waals surface area contributed by atoms with Crippen molar-refractivity contribution in [1.82, 2.24) is 10.2 Å². The molecule has 2 aliphatic heterocycles. The van der Waals surface area contributed by atoms with Crippen molar-refractivity contribution in [3.8, 4) is 0 Å². The van der Waals surface area contributed by atoms with Crippen LogP contribution in [-0.2, 0) is 4.74 Å². The highest BCUT2D eigenvalue weighted by Crippen LogP contribution is 2.14. The maximum atomic E-state index is 5.78. The van der Waals surface area contributed by atoms with Gasteiger partial charge in [-0.1, -0.05) is 6.42 Å². The lowest BCUT2D eigenvalue weighted by atomic mass is 10.0. The van der Waals surface area contributed by atoms with Crippen LogP contribution in [0.5, 0.6) is 0 Å². The van der Waals surface area contributed by atoms with Gasteiger partial charge in [0.05, 0.1) is 6.10 Å². The number of nitrogens with zero attached hydrogens (tertiary/aromatic N) is 1. The van der Waals surface area contributed by atoms with Crippen molar-refractivity contribution in [3.05, 3.63) is 0 Å². The monoisotopic (exact) mass is 226 g/mol. The molecule has 2 unspecified atom stereocenters. The van der Waals surface area contributed by atoms with Gasteiger partial charge in [0.2, 0.25) is 0 Å². The first-order valence-corrected chi connectivity index (χ1v) is 6.88. The summed E-state index contributed by atoms with van der Waals surface area (Å²) in [4.78, 5) is 2.44. The fourth-order valence-corrected chi connectivity index (χ4v) is 2.83. The lowest BCUT2D eigenvalue weighted by Gasteiger charge is -2.31. The van der Waals surface area contributed by atoms with E-state index < -0.39 is 0 Å². The highest BCUT2D eigenvalue weighted by Gasteiger charge is 2.19. The van der Waals surface area contributed by atoms with Crippen LogP contribution in [0.2, 0.25) is 0 Å². The molecule has 2 atom stereocenters. The van der Waals surface area contributed by atoms with Crippen LogP contribution < -0.4 is 5.32 Å². The van der Waals surface area contributed by atoms with Gasteiger partial charge in [0.25, 0.3) is 0 Å². The van der Waals surface area contributed by atoms with Crippen molar-refractivity contribution < 1.29 is 4.74 Å². The molecule has 0 amide bonds. The van der Waals surface area contributed by atoms with Crippen LogP contribution in [0.15, 0.2) is 0 Å². The van der Waals surface area contributed by atoms with Crippen molar-refractivity contribution in [2.75, 3.05) is 33.3 Å². The number of rotatable bonds is 4. The minimum absolute atomic E-state index is 0.488. The first-order valence-electron chi connectivity index (χ1n) is 6.88. The Morgan fingerprint density at radius 3 is 2.69 bits per heavy atom. The Morgan fingerprint density at radius 1 is 1.12 bits per heavy atom. The molecule has 94 valence electrons. The fourth-order valence-electron chi connectivity index (χ4n) is 2.83. The molecule has 0 bridgehead atoms. The second-order valence-corrected chi connectivity index (χ2v) is 5.36. The molecule has 0 aliphatic carbocycles. The van der Waals surface area contributed by atoms with Gasteiger partial charge in [0.1, 0.15) is 0 Å². The van der Waals surface area contributed by atoms with E-state index in [0.29, 0.717) is 12.1 Å². The summed E-state index contributed by atoms with van der Waals surface area (Å²) in [6, 6.07) is 0.711. The van der Waals surface area contributed by atoms with Gasteiger partial charge in [0.15, 0.2) is 0 Å². The molecule has 0 aromatic rings. The predicted molar refractivity (Wildman–Crippen MR) is 66.7 cm³/mol. The summed E-state index contributed by atoms with van der Waals surface area (Å²) in [5, 5.41) is 3.60. The first kappa shape index (κ1) is 12.3. The van der Waals surface area contributed by atoms with Gasteiger partial charge in [-0.25, -0.2) is 0 Å². The van der Waals surface area contributed by atoms with E-state index in [0.717, 1.165) is 13.2 Å². The Hall–Kier alpha value is -0.120. The maximum absolute atomic E-state index is 5.78. The van der Waals surface area contributed by atoms with E-state index in [1.54, 1.807) is 0 Å². The third-order valence-corrected chi connectivity index (χ3v) is 3.73. The van der Waals surface area contributed by atoms with Crippen LogP contribution in [0.1, 0.15) is 38.5 Å². The molecular weight excluding hydrogens is 200 g/mol. The summed E-state index contributed by atoms with van der Waals surface area (Å²) in [5.41, 5.74) is 0. The smallest absolute Gasteiger partial charge is 0.0701 e. The highest BCUT2D eigenvalue weighted by molar-refractivity contribution is 4.76. The predicted octanol–water partition coefficient (Wildman–Crippen LogP) is 1.63. The second-order valence-electron chi connectivity index (χ2n) is 5.36. The average Bonchev–Trinajstić information content (AvgIpc) is 2.31. The van der Waals surface area contributed by atoms with Gasteiger partial charge in [-0.15, -0.1) is 0 Å². The molecule has 2 saturated heterocycles. The number of piperidine rings is 1. The lowest BCUT2D eigenvalue weighted by molar-refractivity contribution is -0.00294. The van der Waals surface area contributed by atoms with Gasteiger partial charge < -0.3 is 15.0 Å². The number of hydrogen-bond acceptors (Lipinski definition) is 3. The quantitative estimate of drug-likeness (QED) is 0.788. The molecule has 3 nitrogen and oxygen atoms in total. The van der Waals surface area contributed by atoms with Crippen molar-refractivity contribution in [3.63, 3.8) is 0 Å². The molecule has 1 N–H and O–H groups in total. The van der Waals surface area contributed by atoms with E-state index in [2.05, 4.69) is 17.3 Å². The molecule has 2 heterocycles. The molecule has 2 aliphatic rings. The number of likely N-dealkylation sites (N-methyl/N-ethyl adjacent to an activating group) is 1. The standard InChI is InChI=1S/C13H26N2O/c1-15(10-12-6-2-4-8-14-12)11-13-7-3-5-9-16-13/h12-14H,2-11H2,1H3. The SMILES string of the molecule is CN(CC1CCCCN1)CC1CCCCO1. The normalized spacial score (nSPS) is 31.9. The van der Waals surface area contributed by atoms with E-state index in [1.165, 1.54) is 51.6 Å². The van der Waals surface area contributed by atoms with Gasteiger partial charge >= 0.3 is 0 Å². The van der Waals surface area contributed by atoms with Crippen LogP contribution >= 0.6 is 0 Å². The molecule has 2 rings (SSSR count). The Bertz CT molecular complexity index is 166. The van der Waals surface area contributed by atoms with Crippen LogP contribution in [-0.4, -0.2) is 50.3 Å². The van der Waals surface area contributed by atoms with Gasteiger partial charge in [-0.2, -0.15) is 0 Å². The molecule has 0 radical (unpaired) electrons. The van der Waals surface area contributed by atoms with Gasteiger partial charge in [-0.05, 0) is 45.7 Å². The molecule has 2 fully saturated rings. The van der Waals surface area contributed by atoms with E-state index in [1.807, 2.05) is 0 Å². The van der Waals surface area contributed by atoms with E-state index in [-0.39, 0.29) is 0 Å². The van der Waals surface area contributed by atoms with E-state index >= 15 is 0 Å². The van der Waals surface area contributed by atoms with Crippen LogP contribution in [0.25, 0.3) is 0 Å². The summed E-state index contributed by atoms with van der Waals surface area (Å²) in [6.45, 7) is 4.47. The largest absolute Gasteiger partial charge is 0.377 e. The van der Waals surface area contributed by atoms with Crippen LogP contribution in [0.3, 0.4) is 0 Å². The summed E-state index contributed by atoms with van der Waals surface area (Å²) >= 11 is 0. The van der Waals surface area contributed by atoms with Gasteiger partial charge in [0, 0.05) is 25.7 Å². The third-order valence-electron chi connectivity index (χ3n) is 3.73. The summed E-state index contributed by atoms with van der Waals surface area (Å²) in [6.07, 6.45) is 8.43. The zero-order valence-corrected chi connectivity index (χ0v) is 10.6. The molecule has 16 heavy (non-hydrogen) atoms. The van der Waals surface area contributed by atoms with Crippen molar-refractivity contribution in [1.29, 1.82) is 0 Å². The third kappa shape index (κ3) is 4.04. The number of hydrogen-bond donors (Lipinski definition) is 1. The second kappa shape index (κ2) is 6.58. The Balaban J connectivity index is 1.64. The molecule has 0 aromatic heterocycles. The molecule has 0 saturated carbocycles. The maximum Gasteiger partial charge on any atom is 0.0701 e. The van der Waals surface area contributed by atoms with E-state index in [4.69, 9.17) is 4.74 Å². The topological polar surface area (TPSA) is 24.5 Å². The molecule has 3 heteroatoms. The average molecular weight is 226 g/mol. The van der Waals surface area contributed by atoms with E-state index in [9.17, 15) is 0 Å².